The van der Waals surface area contributed by atoms with Gasteiger partial charge in [-0.1, -0.05) is 18.5 Å². The second kappa shape index (κ2) is 9.73. The van der Waals surface area contributed by atoms with Gasteiger partial charge in [-0.25, -0.2) is 17.6 Å². The van der Waals surface area contributed by atoms with Crippen LogP contribution in [0, 0.1) is 0 Å². The van der Waals surface area contributed by atoms with Crippen LogP contribution < -0.4 is 10.4 Å². The topological polar surface area (TPSA) is 135 Å². The van der Waals surface area contributed by atoms with Crippen LogP contribution in [0.15, 0.2) is 34.2 Å². The first-order chi connectivity index (χ1) is 18.7. The number of ether oxygens (including phenoxy) is 1. The van der Waals surface area contributed by atoms with Crippen molar-refractivity contribution < 1.29 is 17.9 Å². The normalized spacial score (nSPS) is 18.8. The Balaban J connectivity index is 1.50. The van der Waals surface area contributed by atoms with Crippen LogP contribution in [0.5, 0.6) is 5.75 Å². The second-order valence-electron chi connectivity index (χ2n) is 9.82. The number of piperazine rings is 1. The number of aromatic amines is 1. The lowest BCUT2D eigenvalue weighted by molar-refractivity contribution is -0.116. The number of carbonyl (C=O) groups excluding carboxylic acids is 1. The molecule has 0 spiro atoms. The molecule has 4 aromatic rings. The van der Waals surface area contributed by atoms with Crippen LogP contribution in [-0.4, -0.2) is 86.4 Å². The fourth-order valence-electron chi connectivity index (χ4n) is 5.60. The highest BCUT2D eigenvalue weighted by Gasteiger charge is 2.39. The molecular formula is C25H28ClN7O5S. The summed E-state index contributed by atoms with van der Waals surface area (Å²) in [5, 5.41) is 8.27. The number of H-pyrrole nitrogens is 1. The van der Waals surface area contributed by atoms with Gasteiger partial charge in [-0.3, -0.25) is 14.3 Å². The second-order valence-corrected chi connectivity index (χ2v) is 12.1. The van der Waals surface area contributed by atoms with Gasteiger partial charge in [0.15, 0.2) is 5.65 Å². The Hall–Kier alpha value is -3.26. The smallest absolute Gasteiger partial charge is 0.335 e. The third kappa shape index (κ3) is 4.15. The Morgan fingerprint density at radius 3 is 2.79 bits per heavy atom. The summed E-state index contributed by atoms with van der Waals surface area (Å²) in [4.78, 5) is 30.5. The van der Waals surface area contributed by atoms with Gasteiger partial charge >= 0.3 is 5.69 Å². The van der Waals surface area contributed by atoms with Crippen LogP contribution >= 0.6 is 11.6 Å². The molecule has 5 heterocycles. The zero-order valence-corrected chi connectivity index (χ0v) is 23.1. The van der Waals surface area contributed by atoms with E-state index in [1.807, 2.05) is 18.7 Å². The van der Waals surface area contributed by atoms with Crippen LogP contribution in [0.3, 0.4) is 0 Å². The van der Waals surface area contributed by atoms with Crippen molar-refractivity contribution in [3.05, 3.63) is 40.0 Å². The summed E-state index contributed by atoms with van der Waals surface area (Å²) in [5.41, 5.74) is 1.85. The van der Waals surface area contributed by atoms with E-state index in [2.05, 4.69) is 15.2 Å². The number of fused-ring (bicyclic) bond motifs is 4. The number of Topliss-reactive ketones (excluding diaryl/α,β-unsaturated/α-hetero) is 1. The monoisotopic (exact) mass is 573 g/mol. The molecular weight excluding hydrogens is 546 g/mol. The number of nitrogens with one attached hydrogen (secondary N) is 1. The minimum absolute atomic E-state index is 0.0898. The Bertz CT molecular complexity index is 1780. The first-order valence-corrected chi connectivity index (χ1v) is 14.7. The summed E-state index contributed by atoms with van der Waals surface area (Å²) in [6.07, 6.45) is 2.41. The highest BCUT2D eigenvalue weighted by atomic mass is 35.5. The average Bonchev–Trinajstić information content (AvgIpc) is 3.63. The fraction of sp³-hybridized carbons (Fsp3) is 0.440. The molecule has 3 aromatic heterocycles. The molecule has 14 heteroatoms. The predicted molar refractivity (Wildman–Crippen MR) is 145 cm³/mol. The van der Waals surface area contributed by atoms with Crippen molar-refractivity contribution in [3.8, 4) is 17.0 Å². The summed E-state index contributed by atoms with van der Waals surface area (Å²) in [6.45, 7) is 6.02. The number of hydrogen-bond acceptors (Lipinski definition) is 8. The Morgan fingerprint density at radius 2 is 2.03 bits per heavy atom. The quantitative estimate of drug-likeness (QED) is 0.355. The van der Waals surface area contributed by atoms with E-state index in [0.717, 1.165) is 0 Å². The standard InChI is InChI=1S/C25H28ClN7O5S/c1-3-7-32-23-20(26)21(28-22(23)24-29-27-14-33(24)25(32)35)18-11-17(5-6-19(18)38-4-2)39(36,37)31-9-8-30-13-16(34)10-15(30)12-31/h5-6,11,14-15,28H,3-4,7-10,12-13H2,1-2H3/t15-/m0/s1. The molecule has 12 nitrogen and oxygen atoms in total. The highest BCUT2D eigenvalue weighted by molar-refractivity contribution is 7.89. The van der Waals surface area contributed by atoms with E-state index in [4.69, 9.17) is 16.3 Å². The Kier molecular flexibility index (Phi) is 6.49. The van der Waals surface area contributed by atoms with Crippen molar-refractivity contribution in [2.75, 3.05) is 32.8 Å². The number of ketones is 1. The van der Waals surface area contributed by atoms with Gasteiger partial charge in [-0.05, 0) is 31.5 Å². The number of carbonyl (C=O) groups is 1. The number of aryl methyl sites for hydroxylation is 1. The van der Waals surface area contributed by atoms with E-state index in [-0.39, 0.29) is 34.0 Å². The molecule has 0 unspecified atom stereocenters. The van der Waals surface area contributed by atoms with Crippen molar-refractivity contribution in [3.63, 3.8) is 0 Å². The van der Waals surface area contributed by atoms with Gasteiger partial charge in [-0.15, -0.1) is 10.2 Å². The first-order valence-electron chi connectivity index (χ1n) is 12.9. The molecule has 1 N–H and O–H groups in total. The Morgan fingerprint density at radius 1 is 1.21 bits per heavy atom. The lowest BCUT2D eigenvalue weighted by atomic mass is 10.1. The van der Waals surface area contributed by atoms with Gasteiger partial charge in [0.25, 0.3) is 0 Å². The fourth-order valence-corrected chi connectivity index (χ4v) is 7.44. The number of sulfonamides is 1. The van der Waals surface area contributed by atoms with Crippen LogP contribution in [0.25, 0.3) is 27.9 Å². The summed E-state index contributed by atoms with van der Waals surface area (Å²) in [5.74, 6) is 0.581. The molecule has 0 aliphatic carbocycles. The van der Waals surface area contributed by atoms with E-state index in [1.54, 1.807) is 16.7 Å². The molecule has 1 aromatic carbocycles. The average molecular weight is 574 g/mol. The minimum atomic E-state index is -3.87. The summed E-state index contributed by atoms with van der Waals surface area (Å²) < 4.78 is 37.8. The number of benzene rings is 1. The van der Waals surface area contributed by atoms with Crippen LogP contribution in [-0.2, 0) is 21.4 Å². The van der Waals surface area contributed by atoms with E-state index in [0.29, 0.717) is 79.3 Å². The van der Waals surface area contributed by atoms with Crippen molar-refractivity contribution in [2.45, 2.75) is 44.2 Å². The molecule has 39 heavy (non-hydrogen) atoms. The zero-order chi connectivity index (χ0) is 27.5. The molecule has 0 bridgehead atoms. The molecule has 2 aliphatic rings. The number of aromatic nitrogens is 5. The van der Waals surface area contributed by atoms with E-state index >= 15 is 0 Å². The molecule has 2 saturated heterocycles. The molecule has 206 valence electrons. The molecule has 0 saturated carbocycles. The maximum absolute atomic E-state index is 13.8. The van der Waals surface area contributed by atoms with E-state index < -0.39 is 10.0 Å². The van der Waals surface area contributed by atoms with Gasteiger partial charge in [0.1, 0.15) is 23.4 Å². The molecule has 1 atom stereocenters. The summed E-state index contributed by atoms with van der Waals surface area (Å²) >= 11 is 6.93. The van der Waals surface area contributed by atoms with Crippen LogP contribution in [0.1, 0.15) is 26.7 Å². The van der Waals surface area contributed by atoms with Crippen molar-refractivity contribution >= 4 is 44.1 Å². The molecule has 0 radical (unpaired) electrons. The van der Waals surface area contributed by atoms with Crippen molar-refractivity contribution in [1.29, 1.82) is 0 Å². The summed E-state index contributed by atoms with van der Waals surface area (Å²) in [6, 6.07) is 4.59. The number of rotatable bonds is 7. The maximum atomic E-state index is 13.8. The molecule has 2 fully saturated rings. The lowest BCUT2D eigenvalue weighted by Gasteiger charge is -2.36. The minimum Gasteiger partial charge on any atom is -0.493 e. The maximum Gasteiger partial charge on any atom is 0.335 e. The summed E-state index contributed by atoms with van der Waals surface area (Å²) in [7, 11) is -3.87. The van der Waals surface area contributed by atoms with Gasteiger partial charge < -0.3 is 9.72 Å². The largest absolute Gasteiger partial charge is 0.493 e. The molecule has 6 rings (SSSR count). The highest BCUT2D eigenvalue weighted by Crippen LogP contribution is 2.41. The zero-order valence-electron chi connectivity index (χ0n) is 21.6. The third-order valence-electron chi connectivity index (χ3n) is 7.41. The SMILES string of the molecule is CCCn1c(=O)n2cnnc2c2[nH]c(-c3cc(S(=O)(=O)N4CCN5CC(=O)C[C@H]5C4)ccc3OCC)c(Cl)c21. The van der Waals surface area contributed by atoms with Crippen LogP contribution in [0.2, 0.25) is 5.02 Å². The van der Waals surface area contributed by atoms with Crippen molar-refractivity contribution in [1.82, 2.24) is 33.4 Å². The van der Waals surface area contributed by atoms with Crippen molar-refractivity contribution in [2.24, 2.45) is 0 Å². The predicted octanol–water partition coefficient (Wildman–Crippen LogP) is 2.15. The van der Waals surface area contributed by atoms with Crippen LogP contribution in [0.4, 0.5) is 0 Å². The number of nitrogens with zero attached hydrogens (tertiary/aromatic N) is 6. The first kappa shape index (κ1) is 26.0. The van der Waals surface area contributed by atoms with Gasteiger partial charge in [0.2, 0.25) is 10.0 Å². The van der Waals surface area contributed by atoms with E-state index in [1.165, 1.54) is 21.1 Å². The van der Waals surface area contributed by atoms with Gasteiger partial charge in [0, 0.05) is 44.2 Å². The molecule has 0 amide bonds. The Labute approximate surface area is 229 Å². The number of halogens is 1. The molecule has 2 aliphatic heterocycles. The lowest BCUT2D eigenvalue weighted by Crippen LogP contribution is -2.51. The van der Waals surface area contributed by atoms with E-state index in [9.17, 15) is 18.0 Å². The number of hydrogen-bond donors (Lipinski definition) is 1. The van der Waals surface area contributed by atoms with Gasteiger partial charge in [-0.2, -0.15) is 4.31 Å². The third-order valence-corrected chi connectivity index (χ3v) is 9.64. The van der Waals surface area contributed by atoms with Gasteiger partial charge in [0.05, 0.1) is 34.3 Å².